The summed E-state index contributed by atoms with van der Waals surface area (Å²) in [4.78, 5) is 20.4. The maximum absolute atomic E-state index is 12.1. The summed E-state index contributed by atoms with van der Waals surface area (Å²) < 4.78 is 5.55. The second-order valence-electron chi connectivity index (χ2n) is 5.30. The molecule has 0 bridgehead atoms. The molecule has 6 heteroatoms. The topological polar surface area (TPSA) is 64.1 Å². The highest BCUT2D eigenvalue weighted by Crippen LogP contribution is 2.22. The van der Waals surface area contributed by atoms with Gasteiger partial charge >= 0.3 is 0 Å². The first-order valence-electron chi connectivity index (χ1n) is 7.51. The van der Waals surface area contributed by atoms with E-state index in [1.54, 1.807) is 6.07 Å². The van der Waals surface area contributed by atoms with E-state index in [9.17, 15) is 4.79 Å². The number of fused-ring (bicyclic) bond motifs is 1. The molecule has 122 valence electrons. The quantitative estimate of drug-likeness (QED) is 0.771. The third kappa shape index (κ3) is 3.63. The second-order valence-corrected chi connectivity index (χ2v) is 5.70. The van der Waals surface area contributed by atoms with Crippen molar-refractivity contribution in [2.45, 2.75) is 13.0 Å². The van der Waals surface area contributed by atoms with Crippen LogP contribution in [-0.2, 0) is 4.79 Å². The number of carbonyl (C=O) groups excluding carboxylic acids is 1. The molecule has 0 aliphatic rings. The van der Waals surface area contributed by atoms with Crippen LogP contribution in [0.25, 0.3) is 10.9 Å². The van der Waals surface area contributed by atoms with E-state index in [0.29, 0.717) is 10.9 Å². The number of hydrogen-bond acceptors (Lipinski definition) is 4. The van der Waals surface area contributed by atoms with Crippen molar-refractivity contribution in [3.05, 3.63) is 65.4 Å². The fourth-order valence-corrected chi connectivity index (χ4v) is 2.72. The predicted octanol–water partition coefficient (Wildman–Crippen LogP) is 3.54. The molecule has 2 aromatic carbocycles. The van der Waals surface area contributed by atoms with Gasteiger partial charge in [0.1, 0.15) is 6.33 Å². The molecule has 0 aliphatic heterocycles. The standard InChI is InChI=1S/C18H16ClN3O2/c1-12(13-6-2-4-8-15(13)19)22-17(23)10-24-18-14-7-3-5-9-16(14)20-11-21-18/h2-9,11-12H,10H2,1H3,(H,22,23). The van der Waals surface area contributed by atoms with Crippen molar-refractivity contribution in [1.29, 1.82) is 0 Å². The van der Waals surface area contributed by atoms with Crippen molar-refractivity contribution < 1.29 is 9.53 Å². The first kappa shape index (κ1) is 16.2. The van der Waals surface area contributed by atoms with Crippen LogP contribution in [0, 0.1) is 0 Å². The fraction of sp³-hybridized carbons (Fsp3) is 0.167. The number of carbonyl (C=O) groups is 1. The second kappa shape index (κ2) is 7.27. The van der Waals surface area contributed by atoms with E-state index in [0.717, 1.165) is 16.5 Å². The molecule has 0 fully saturated rings. The van der Waals surface area contributed by atoms with Gasteiger partial charge in [0.15, 0.2) is 6.61 Å². The summed E-state index contributed by atoms with van der Waals surface area (Å²) in [6.45, 7) is 1.75. The Morgan fingerprint density at radius 3 is 2.75 bits per heavy atom. The summed E-state index contributed by atoms with van der Waals surface area (Å²) in [6, 6.07) is 14.7. The Labute approximate surface area is 144 Å². The van der Waals surface area contributed by atoms with Crippen LogP contribution in [0.3, 0.4) is 0 Å². The van der Waals surface area contributed by atoms with Gasteiger partial charge in [-0.1, -0.05) is 41.9 Å². The maximum atomic E-state index is 12.1. The van der Waals surface area contributed by atoms with E-state index < -0.39 is 0 Å². The minimum atomic E-state index is -0.245. The number of nitrogens with one attached hydrogen (secondary N) is 1. The van der Waals surface area contributed by atoms with Gasteiger partial charge in [0.05, 0.1) is 16.9 Å². The van der Waals surface area contributed by atoms with Gasteiger partial charge in [-0.15, -0.1) is 0 Å². The van der Waals surface area contributed by atoms with Crippen molar-refractivity contribution in [2.75, 3.05) is 6.61 Å². The Morgan fingerprint density at radius 1 is 1.17 bits per heavy atom. The minimum Gasteiger partial charge on any atom is -0.467 e. The molecular weight excluding hydrogens is 326 g/mol. The number of halogens is 1. The van der Waals surface area contributed by atoms with Crippen LogP contribution >= 0.6 is 11.6 Å². The lowest BCUT2D eigenvalue weighted by Crippen LogP contribution is -2.31. The highest BCUT2D eigenvalue weighted by atomic mass is 35.5. The molecule has 0 saturated heterocycles. The van der Waals surface area contributed by atoms with Crippen LogP contribution in [-0.4, -0.2) is 22.5 Å². The van der Waals surface area contributed by atoms with Crippen LogP contribution < -0.4 is 10.1 Å². The number of ether oxygens (including phenoxy) is 1. The largest absolute Gasteiger partial charge is 0.467 e. The summed E-state index contributed by atoms with van der Waals surface area (Å²) >= 11 is 6.14. The highest BCUT2D eigenvalue weighted by molar-refractivity contribution is 6.31. The Balaban J connectivity index is 1.64. The summed E-state index contributed by atoms with van der Waals surface area (Å²) in [5.74, 6) is 0.145. The van der Waals surface area contributed by atoms with E-state index in [2.05, 4.69) is 15.3 Å². The lowest BCUT2D eigenvalue weighted by molar-refractivity contribution is -0.123. The smallest absolute Gasteiger partial charge is 0.258 e. The number of aromatic nitrogens is 2. The molecule has 1 heterocycles. The SMILES string of the molecule is CC(NC(=O)COc1ncnc2ccccc12)c1ccccc1Cl. The zero-order valence-corrected chi connectivity index (χ0v) is 13.8. The first-order valence-corrected chi connectivity index (χ1v) is 7.89. The Morgan fingerprint density at radius 2 is 1.92 bits per heavy atom. The van der Waals surface area contributed by atoms with Gasteiger partial charge in [0.2, 0.25) is 5.88 Å². The average molecular weight is 342 g/mol. The van der Waals surface area contributed by atoms with Gasteiger partial charge in [-0.05, 0) is 30.7 Å². The summed E-state index contributed by atoms with van der Waals surface area (Å²) in [7, 11) is 0. The first-order chi connectivity index (χ1) is 11.6. The van der Waals surface area contributed by atoms with Crippen LogP contribution in [0.15, 0.2) is 54.9 Å². The molecular formula is C18H16ClN3O2. The van der Waals surface area contributed by atoms with Gasteiger partial charge in [-0.25, -0.2) is 9.97 Å². The minimum absolute atomic E-state index is 0.129. The van der Waals surface area contributed by atoms with Crippen LogP contribution in [0.5, 0.6) is 5.88 Å². The molecule has 0 radical (unpaired) electrons. The normalized spacial score (nSPS) is 11.9. The molecule has 0 saturated carbocycles. The van der Waals surface area contributed by atoms with E-state index in [4.69, 9.17) is 16.3 Å². The number of hydrogen-bond donors (Lipinski definition) is 1. The van der Waals surface area contributed by atoms with Gasteiger partial charge in [-0.3, -0.25) is 4.79 Å². The van der Waals surface area contributed by atoms with E-state index in [1.165, 1.54) is 6.33 Å². The van der Waals surface area contributed by atoms with Gasteiger partial charge < -0.3 is 10.1 Å². The van der Waals surface area contributed by atoms with E-state index in [1.807, 2.05) is 49.4 Å². The molecule has 1 unspecified atom stereocenters. The molecule has 24 heavy (non-hydrogen) atoms. The van der Waals surface area contributed by atoms with Crippen molar-refractivity contribution in [2.24, 2.45) is 0 Å². The summed E-state index contributed by atoms with van der Waals surface area (Å²) in [5.41, 5.74) is 1.63. The van der Waals surface area contributed by atoms with Gasteiger partial charge in [0.25, 0.3) is 5.91 Å². The lowest BCUT2D eigenvalue weighted by atomic mass is 10.1. The maximum Gasteiger partial charge on any atom is 0.258 e. The Hall–Kier alpha value is -2.66. The van der Waals surface area contributed by atoms with Crippen molar-refractivity contribution >= 4 is 28.4 Å². The van der Waals surface area contributed by atoms with E-state index >= 15 is 0 Å². The monoisotopic (exact) mass is 341 g/mol. The van der Waals surface area contributed by atoms with Gasteiger partial charge in [-0.2, -0.15) is 0 Å². The molecule has 1 aromatic heterocycles. The Kier molecular flexibility index (Phi) is 4.91. The molecule has 3 rings (SSSR count). The van der Waals surface area contributed by atoms with Crippen LogP contribution in [0.2, 0.25) is 5.02 Å². The third-order valence-electron chi connectivity index (χ3n) is 3.60. The number of amides is 1. The summed E-state index contributed by atoms with van der Waals surface area (Å²) in [6.07, 6.45) is 1.42. The zero-order chi connectivity index (χ0) is 16.9. The molecule has 1 N–H and O–H groups in total. The summed E-state index contributed by atoms with van der Waals surface area (Å²) in [5, 5.41) is 4.25. The molecule has 0 aliphatic carbocycles. The number of para-hydroxylation sites is 1. The van der Waals surface area contributed by atoms with Crippen molar-refractivity contribution in [1.82, 2.24) is 15.3 Å². The Bertz CT molecular complexity index is 864. The third-order valence-corrected chi connectivity index (χ3v) is 3.94. The molecule has 3 aromatic rings. The van der Waals surface area contributed by atoms with Gasteiger partial charge in [0, 0.05) is 5.02 Å². The number of benzene rings is 2. The lowest BCUT2D eigenvalue weighted by Gasteiger charge is -2.16. The fourth-order valence-electron chi connectivity index (χ4n) is 2.42. The molecule has 1 atom stereocenters. The molecule has 1 amide bonds. The van der Waals surface area contributed by atoms with Crippen molar-refractivity contribution in [3.63, 3.8) is 0 Å². The van der Waals surface area contributed by atoms with Crippen LogP contribution in [0.1, 0.15) is 18.5 Å². The predicted molar refractivity (Wildman–Crippen MR) is 93.0 cm³/mol. The zero-order valence-electron chi connectivity index (χ0n) is 13.1. The number of nitrogens with zero attached hydrogens (tertiary/aromatic N) is 2. The van der Waals surface area contributed by atoms with E-state index in [-0.39, 0.29) is 18.6 Å². The van der Waals surface area contributed by atoms with Crippen LogP contribution in [0.4, 0.5) is 0 Å². The highest BCUT2D eigenvalue weighted by Gasteiger charge is 2.13. The average Bonchev–Trinajstić information content (AvgIpc) is 2.60. The molecule has 5 nitrogen and oxygen atoms in total. The molecule has 0 spiro atoms. The van der Waals surface area contributed by atoms with Crippen molar-refractivity contribution in [3.8, 4) is 5.88 Å². The number of rotatable bonds is 5.